The molecule has 0 amide bonds. The fourth-order valence-electron chi connectivity index (χ4n) is 1.62. The van der Waals surface area contributed by atoms with Crippen LogP contribution in [0.5, 0.6) is 0 Å². The summed E-state index contributed by atoms with van der Waals surface area (Å²) in [5.41, 5.74) is 0.697. The van der Waals surface area contributed by atoms with Crippen LogP contribution in [0.1, 0.15) is 38.8 Å². The third-order valence-corrected chi connectivity index (χ3v) is 3.76. The number of rotatable bonds is 2. The molecule has 1 rings (SSSR count). The molecular weight excluding hydrogens is 276 g/mol. The third-order valence-electron chi connectivity index (χ3n) is 2.90. The van der Waals surface area contributed by atoms with Gasteiger partial charge in [0.15, 0.2) is 0 Å². The van der Waals surface area contributed by atoms with Crippen molar-refractivity contribution in [2.75, 3.05) is 0 Å². The summed E-state index contributed by atoms with van der Waals surface area (Å²) >= 11 is 3.53. The largest absolute Gasteiger partial charge is 0.197 e. The average molecular weight is 291 g/mol. The lowest BCUT2D eigenvalue weighted by Crippen LogP contribution is -2.20. The highest BCUT2D eigenvalue weighted by Crippen LogP contribution is 2.37. The molecule has 0 saturated heterocycles. The monoisotopic (exact) mass is 290 g/mol. The molecule has 17 heavy (non-hydrogen) atoms. The summed E-state index contributed by atoms with van der Waals surface area (Å²) in [5.74, 6) is 0. The SMILES string of the molecule is CC(C)(C#N)c1cccc(C(C)(C)C#N)c1Br. The van der Waals surface area contributed by atoms with Gasteiger partial charge in [0, 0.05) is 4.47 Å². The molecule has 0 aliphatic heterocycles. The van der Waals surface area contributed by atoms with Crippen LogP contribution >= 0.6 is 15.9 Å². The van der Waals surface area contributed by atoms with Gasteiger partial charge in [0.05, 0.1) is 23.0 Å². The maximum Gasteiger partial charge on any atom is 0.0777 e. The second-order valence-electron chi connectivity index (χ2n) is 5.14. The summed E-state index contributed by atoms with van der Waals surface area (Å²) in [6.45, 7) is 7.49. The Kier molecular flexibility index (Phi) is 3.65. The molecule has 0 saturated carbocycles. The normalized spacial score (nSPS) is 11.7. The number of nitriles is 2. The average Bonchev–Trinajstić information content (AvgIpc) is 2.28. The van der Waals surface area contributed by atoms with Crippen LogP contribution in [0.2, 0.25) is 0 Å². The van der Waals surface area contributed by atoms with Gasteiger partial charge in [-0.1, -0.05) is 34.1 Å². The van der Waals surface area contributed by atoms with E-state index in [4.69, 9.17) is 0 Å². The summed E-state index contributed by atoms with van der Waals surface area (Å²) in [6.07, 6.45) is 0. The third kappa shape index (κ3) is 2.51. The Bertz CT molecular complexity index is 472. The lowest BCUT2D eigenvalue weighted by atomic mass is 9.80. The number of benzene rings is 1. The van der Waals surface area contributed by atoms with Crippen molar-refractivity contribution in [3.05, 3.63) is 33.8 Å². The van der Waals surface area contributed by atoms with Crippen LogP contribution in [0.4, 0.5) is 0 Å². The molecule has 0 heterocycles. The van der Waals surface area contributed by atoms with E-state index < -0.39 is 10.8 Å². The van der Waals surface area contributed by atoms with E-state index in [1.54, 1.807) is 0 Å². The van der Waals surface area contributed by atoms with Crippen LogP contribution in [0, 0.1) is 22.7 Å². The second-order valence-corrected chi connectivity index (χ2v) is 5.93. The number of nitrogens with zero attached hydrogens (tertiary/aromatic N) is 2. The predicted octanol–water partition coefficient (Wildman–Crippen LogP) is 4.05. The quantitative estimate of drug-likeness (QED) is 0.825. The van der Waals surface area contributed by atoms with Crippen molar-refractivity contribution in [2.45, 2.75) is 38.5 Å². The molecule has 0 aliphatic carbocycles. The van der Waals surface area contributed by atoms with Gasteiger partial charge in [-0.3, -0.25) is 0 Å². The van der Waals surface area contributed by atoms with Crippen LogP contribution < -0.4 is 0 Å². The van der Waals surface area contributed by atoms with Crippen molar-refractivity contribution < 1.29 is 0 Å². The minimum absolute atomic E-state index is 0.569. The molecule has 0 bridgehead atoms. The van der Waals surface area contributed by atoms with Crippen LogP contribution in [-0.4, -0.2) is 0 Å². The van der Waals surface area contributed by atoms with E-state index in [0.29, 0.717) is 0 Å². The van der Waals surface area contributed by atoms with E-state index in [-0.39, 0.29) is 0 Å². The standard InChI is InChI=1S/C14H15BrN2/c1-13(2,8-16)10-6-5-7-11(12(10)15)14(3,4)9-17/h5-7H,1-4H3. The van der Waals surface area contributed by atoms with Crippen molar-refractivity contribution in [3.8, 4) is 12.1 Å². The molecule has 1 aromatic carbocycles. The Labute approximate surface area is 111 Å². The van der Waals surface area contributed by atoms with Gasteiger partial charge >= 0.3 is 0 Å². The van der Waals surface area contributed by atoms with Crippen molar-refractivity contribution >= 4 is 15.9 Å². The molecular formula is C14H15BrN2. The zero-order valence-electron chi connectivity index (χ0n) is 10.5. The Morgan fingerprint density at radius 3 is 1.59 bits per heavy atom. The van der Waals surface area contributed by atoms with Gasteiger partial charge in [0.2, 0.25) is 0 Å². The van der Waals surface area contributed by atoms with Gasteiger partial charge in [-0.25, -0.2) is 0 Å². The molecule has 0 unspecified atom stereocenters. The Morgan fingerprint density at radius 1 is 0.941 bits per heavy atom. The summed E-state index contributed by atoms with van der Waals surface area (Å²) in [4.78, 5) is 0. The van der Waals surface area contributed by atoms with Gasteiger partial charge < -0.3 is 0 Å². The Balaban J connectivity index is 3.49. The lowest BCUT2D eigenvalue weighted by Gasteiger charge is -2.24. The predicted molar refractivity (Wildman–Crippen MR) is 71.4 cm³/mol. The van der Waals surface area contributed by atoms with E-state index in [9.17, 15) is 10.5 Å². The Morgan fingerprint density at radius 2 is 1.29 bits per heavy atom. The van der Waals surface area contributed by atoms with E-state index >= 15 is 0 Å². The summed E-state index contributed by atoms with van der Waals surface area (Å²) in [6, 6.07) is 10.3. The first kappa shape index (κ1) is 13.7. The zero-order valence-corrected chi connectivity index (χ0v) is 12.1. The summed E-state index contributed by atoms with van der Waals surface area (Å²) < 4.78 is 0.859. The molecule has 0 spiro atoms. The molecule has 2 nitrogen and oxygen atoms in total. The highest BCUT2D eigenvalue weighted by molar-refractivity contribution is 9.10. The fraction of sp³-hybridized carbons (Fsp3) is 0.429. The van der Waals surface area contributed by atoms with E-state index in [2.05, 4.69) is 28.1 Å². The van der Waals surface area contributed by atoms with E-state index in [1.165, 1.54) is 0 Å². The molecule has 0 N–H and O–H groups in total. The molecule has 88 valence electrons. The number of hydrogen-bond acceptors (Lipinski definition) is 2. The van der Waals surface area contributed by atoms with Crippen LogP contribution in [0.25, 0.3) is 0 Å². The topological polar surface area (TPSA) is 47.6 Å². The van der Waals surface area contributed by atoms with Gasteiger partial charge in [0.1, 0.15) is 0 Å². The van der Waals surface area contributed by atoms with Crippen molar-refractivity contribution in [3.63, 3.8) is 0 Å². The van der Waals surface area contributed by atoms with Gasteiger partial charge in [0.25, 0.3) is 0 Å². The molecule has 1 aromatic rings. The first-order chi connectivity index (χ1) is 7.76. The van der Waals surface area contributed by atoms with Crippen molar-refractivity contribution in [2.24, 2.45) is 0 Å². The van der Waals surface area contributed by atoms with Gasteiger partial charge in [-0.15, -0.1) is 0 Å². The molecule has 0 aliphatic rings. The van der Waals surface area contributed by atoms with Crippen molar-refractivity contribution in [1.82, 2.24) is 0 Å². The van der Waals surface area contributed by atoms with Crippen molar-refractivity contribution in [1.29, 1.82) is 10.5 Å². The van der Waals surface area contributed by atoms with Crippen LogP contribution in [0.15, 0.2) is 22.7 Å². The number of halogens is 1. The number of hydrogen-bond donors (Lipinski definition) is 0. The molecule has 0 aromatic heterocycles. The van der Waals surface area contributed by atoms with Crippen LogP contribution in [-0.2, 0) is 10.8 Å². The maximum atomic E-state index is 9.19. The maximum absolute atomic E-state index is 9.19. The molecule has 0 atom stereocenters. The smallest absolute Gasteiger partial charge is 0.0777 e. The molecule has 3 heteroatoms. The lowest BCUT2D eigenvalue weighted by molar-refractivity contribution is 0.654. The minimum Gasteiger partial charge on any atom is -0.197 e. The van der Waals surface area contributed by atoms with E-state index in [1.807, 2.05) is 45.9 Å². The van der Waals surface area contributed by atoms with E-state index in [0.717, 1.165) is 15.6 Å². The van der Waals surface area contributed by atoms with Crippen LogP contribution in [0.3, 0.4) is 0 Å². The first-order valence-electron chi connectivity index (χ1n) is 5.38. The summed E-state index contributed by atoms with van der Waals surface area (Å²) in [5, 5.41) is 18.4. The second kappa shape index (κ2) is 4.51. The first-order valence-corrected chi connectivity index (χ1v) is 6.17. The molecule has 0 radical (unpaired) electrons. The zero-order chi connectivity index (χ0) is 13.3. The highest BCUT2D eigenvalue weighted by Gasteiger charge is 2.28. The Hall–Kier alpha value is -1.32. The highest BCUT2D eigenvalue weighted by atomic mass is 79.9. The van der Waals surface area contributed by atoms with Gasteiger partial charge in [-0.05, 0) is 38.8 Å². The fourth-order valence-corrected chi connectivity index (χ4v) is 2.87. The van der Waals surface area contributed by atoms with Gasteiger partial charge in [-0.2, -0.15) is 10.5 Å². The molecule has 0 fully saturated rings. The minimum atomic E-state index is -0.569. The summed E-state index contributed by atoms with van der Waals surface area (Å²) in [7, 11) is 0.